The molecule has 0 aromatic carbocycles. The molecule has 1 aromatic heterocycles. The molecular formula is C13H13N4O2. The Bertz CT molecular complexity index is 555. The fourth-order valence-electron chi connectivity index (χ4n) is 2.51. The third-order valence-electron chi connectivity index (χ3n) is 3.35. The first-order valence-electron chi connectivity index (χ1n) is 6.03. The number of amides is 3. The summed E-state index contributed by atoms with van der Waals surface area (Å²) < 4.78 is 0. The van der Waals surface area contributed by atoms with E-state index < -0.39 is 6.03 Å². The zero-order valence-corrected chi connectivity index (χ0v) is 10.2. The Hall–Kier alpha value is -2.37. The Labute approximate surface area is 110 Å². The average Bonchev–Trinajstić information content (AvgIpc) is 2.88. The van der Waals surface area contributed by atoms with Crippen molar-refractivity contribution in [3.8, 4) is 0 Å². The van der Waals surface area contributed by atoms with E-state index in [9.17, 15) is 9.59 Å². The predicted molar refractivity (Wildman–Crippen MR) is 68.1 cm³/mol. The summed E-state index contributed by atoms with van der Waals surface area (Å²) in [6.07, 6.45) is 7.00. The highest BCUT2D eigenvalue weighted by Gasteiger charge is 2.40. The molecule has 3 heterocycles. The van der Waals surface area contributed by atoms with Crippen LogP contribution in [0.3, 0.4) is 0 Å². The van der Waals surface area contributed by atoms with Crippen LogP contribution < -0.4 is 5.73 Å². The lowest BCUT2D eigenvalue weighted by Gasteiger charge is -2.38. The van der Waals surface area contributed by atoms with Gasteiger partial charge in [0, 0.05) is 37.0 Å². The van der Waals surface area contributed by atoms with Gasteiger partial charge in [0.25, 0.3) is 0 Å². The van der Waals surface area contributed by atoms with Gasteiger partial charge in [-0.1, -0.05) is 0 Å². The van der Waals surface area contributed by atoms with Gasteiger partial charge in [0.1, 0.15) is 6.17 Å². The van der Waals surface area contributed by atoms with E-state index in [1.807, 2.05) is 6.42 Å². The molecule has 3 amide bonds. The van der Waals surface area contributed by atoms with Gasteiger partial charge in [-0.15, -0.1) is 0 Å². The van der Waals surface area contributed by atoms with Gasteiger partial charge in [0.15, 0.2) is 0 Å². The molecule has 2 aliphatic heterocycles. The van der Waals surface area contributed by atoms with Crippen molar-refractivity contribution in [2.75, 3.05) is 6.54 Å². The summed E-state index contributed by atoms with van der Waals surface area (Å²) in [7, 11) is 0. The lowest BCUT2D eigenvalue weighted by Crippen LogP contribution is -2.53. The van der Waals surface area contributed by atoms with E-state index in [0.29, 0.717) is 12.2 Å². The van der Waals surface area contributed by atoms with Gasteiger partial charge in [-0.25, -0.2) is 4.79 Å². The van der Waals surface area contributed by atoms with Crippen LogP contribution in [0.4, 0.5) is 4.79 Å². The molecule has 2 N–H and O–H groups in total. The lowest BCUT2D eigenvalue weighted by molar-refractivity contribution is -0.128. The number of fused-ring (bicyclic) bond motifs is 1. The van der Waals surface area contributed by atoms with Crippen molar-refractivity contribution in [1.29, 1.82) is 0 Å². The first kappa shape index (κ1) is 11.7. The molecular weight excluding hydrogens is 244 g/mol. The van der Waals surface area contributed by atoms with Gasteiger partial charge in [-0.3, -0.25) is 14.7 Å². The second kappa shape index (κ2) is 4.38. The Kier molecular flexibility index (Phi) is 2.70. The van der Waals surface area contributed by atoms with Crippen molar-refractivity contribution in [1.82, 2.24) is 14.8 Å². The molecule has 1 unspecified atom stereocenters. The van der Waals surface area contributed by atoms with Crippen LogP contribution in [0.25, 0.3) is 5.70 Å². The number of rotatable bonds is 1. The molecule has 3 rings (SSSR count). The maximum atomic E-state index is 12.1. The molecule has 19 heavy (non-hydrogen) atoms. The Balaban J connectivity index is 2.08. The van der Waals surface area contributed by atoms with Crippen molar-refractivity contribution in [2.24, 2.45) is 5.73 Å². The number of hydrogen-bond donors (Lipinski definition) is 1. The monoisotopic (exact) mass is 257 g/mol. The van der Waals surface area contributed by atoms with E-state index in [1.165, 1.54) is 11.0 Å². The molecule has 6 nitrogen and oxygen atoms in total. The Morgan fingerprint density at radius 2 is 2.11 bits per heavy atom. The standard InChI is InChI=1S/C13H13N4O2/c14-13(19)17-10(9-3-5-15-6-4-9)8-12(18)16-7-1-2-11(16)17/h2-6,8,11H,1,7H2,(H2,14,19). The van der Waals surface area contributed by atoms with Crippen LogP contribution in [-0.2, 0) is 4.79 Å². The van der Waals surface area contributed by atoms with E-state index in [2.05, 4.69) is 4.98 Å². The van der Waals surface area contributed by atoms with Crippen molar-refractivity contribution in [3.63, 3.8) is 0 Å². The van der Waals surface area contributed by atoms with Crippen LogP contribution in [0.5, 0.6) is 0 Å². The van der Waals surface area contributed by atoms with Crippen LogP contribution in [0.1, 0.15) is 12.0 Å². The van der Waals surface area contributed by atoms with E-state index in [0.717, 1.165) is 12.0 Å². The fraction of sp³-hybridized carbons (Fsp3) is 0.231. The second-order valence-corrected chi connectivity index (χ2v) is 4.44. The summed E-state index contributed by atoms with van der Waals surface area (Å²) in [5.41, 5.74) is 6.75. The minimum atomic E-state index is -0.566. The van der Waals surface area contributed by atoms with E-state index in [-0.39, 0.29) is 12.1 Å². The van der Waals surface area contributed by atoms with Gasteiger partial charge < -0.3 is 10.6 Å². The largest absolute Gasteiger partial charge is 0.351 e. The van der Waals surface area contributed by atoms with Gasteiger partial charge in [0.05, 0.1) is 5.70 Å². The highest BCUT2D eigenvalue weighted by atomic mass is 16.2. The molecule has 0 aliphatic carbocycles. The number of carbonyl (C=O) groups is 2. The van der Waals surface area contributed by atoms with Gasteiger partial charge in [-0.2, -0.15) is 0 Å². The number of carbonyl (C=O) groups excluding carboxylic acids is 2. The molecule has 2 aliphatic rings. The first-order chi connectivity index (χ1) is 9.18. The minimum absolute atomic E-state index is 0.0944. The third-order valence-corrected chi connectivity index (χ3v) is 3.35. The van der Waals surface area contributed by atoms with Crippen LogP contribution in [-0.4, -0.2) is 39.4 Å². The van der Waals surface area contributed by atoms with Crippen LogP contribution >= 0.6 is 0 Å². The summed E-state index contributed by atoms with van der Waals surface area (Å²) in [4.78, 5) is 30.8. The zero-order chi connectivity index (χ0) is 13.4. The van der Waals surface area contributed by atoms with E-state index in [1.54, 1.807) is 29.4 Å². The molecule has 1 radical (unpaired) electrons. The van der Waals surface area contributed by atoms with Crippen LogP contribution in [0.15, 0.2) is 30.6 Å². The number of nitrogens with two attached hydrogens (primary N) is 1. The number of nitrogens with zero attached hydrogens (tertiary/aromatic N) is 3. The lowest BCUT2D eigenvalue weighted by atomic mass is 10.1. The molecule has 0 spiro atoms. The zero-order valence-electron chi connectivity index (χ0n) is 10.2. The summed E-state index contributed by atoms with van der Waals surface area (Å²) >= 11 is 0. The summed E-state index contributed by atoms with van der Waals surface area (Å²) in [5, 5.41) is 0. The first-order valence-corrected chi connectivity index (χ1v) is 6.03. The molecule has 0 saturated carbocycles. The van der Waals surface area contributed by atoms with Gasteiger partial charge >= 0.3 is 6.03 Å². The normalized spacial score (nSPS) is 22.2. The molecule has 6 heteroatoms. The number of aromatic nitrogens is 1. The predicted octanol–water partition coefficient (Wildman–Crippen LogP) is 0.579. The SMILES string of the molecule is NC(=O)N1C(c2ccncc2)=CC(=O)N2CC[CH]C21. The highest BCUT2D eigenvalue weighted by molar-refractivity contribution is 6.01. The Morgan fingerprint density at radius 3 is 2.79 bits per heavy atom. The Morgan fingerprint density at radius 1 is 1.37 bits per heavy atom. The molecule has 1 aromatic rings. The minimum Gasteiger partial charge on any atom is -0.351 e. The number of urea groups is 1. The summed E-state index contributed by atoms with van der Waals surface area (Å²) in [5.74, 6) is -0.0944. The van der Waals surface area contributed by atoms with Crippen LogP contribution in [0, 0.1) is 6.42 Å². The average molecular weight is 257 g/mol. The van der Waals surface area contributed by atoms with Crippen molar-refractivity contribution in [3.05, 3.63) is 42.6 Å². The molecule has 1 fully saturated rings. The smallest absolute Gasteiger partial charge is 0.321 e. The highest BCUT2D eigenvalue weighted by Crippen LogP contribution is 2.32. The molecule has 97 valence electrons. The third kappa shape index (κ3) is 1.85. The van der Waals surface area contributed by atoms with Crippen molar-refractivity contribution >= 4 is 17.6 Å². The number of hydrogen-bond acceptors (Lipinski definition) is 3. The van der Waals surface area contributed by atoms with E-state index in [4.69, 9.17) is 5.73 Å². The van der Waals surface area contributed by atoms with Gasteiger partial charge in [0.2, 0.25) is 5.91 Å². The molecule has 1 saturated heterocycles. The summed E-state index contributed by atoms with van der Waals surface area (Å²) in [6, 6.07) is 2.93. The van der Waals surface area contributed by atoms with Crippen molar-refractivity contribution in [2.45, 2.75) is 12.6 Å². The number of primary amides is 1. The fourth-order valence-corrected chi connectivity index (χ4v) is 2.51. The van der Waals surface area contributed by atoms with Crippen molar-refractivity contribution < 1.29 is 9.59 Å². The molecule has 0 bridgehead atoms. The van der Waals surface area contributed by atoms with Crippen LogP contribution in [0.2, 0.25) is 0 Å². The van der Waals surface area contributed by atoms with Gasteiger partial charge in [-0.05, 0) is 18.6 Å². The topological polar surface area (TPSA) is 79.5 Å². The molecule has 1 atom stereocenters. The maximum Gasteiger partial charge on any atom is 0.321 e. The second-order valence-electron chi connectivity index (χ2n) is 4.44. The summed E-state index contributed by atoms with van der Waals surface area (Å²) in [6.45, 7) is 0.618. The quantitative estimate of drug-likeness (QED) is 0.799. The number of pyridine rings is 1. The maximum absolute atomic E-state index is 12.1. The van der Waals surface area contributed by atoms with E-state index >= 15 is 0 Å².